The van der Waals surface area contributed by atoms with E-state index >= 15 is 0 Å². The molecule has 1 unspecified atom stereocenters. The lowest BCUT2D eigenvalue weighted by atomic mass is 9.99. The number of hydrogen-bond donors (Lipinski definition) is 1. The number of nitrogens with one attached hydrogen (secondary N) is 1. The molecule has 3 aliphatic heterocycles. The Bertz CT molecular complexity index is 561. The lowest BCUT2D eigenvalue weighted by Gasteiger charge is -2.36. The summed E-state index contributed by atoms with van der Waals surface area (Å²) in [7, 11) is -3.50. The SMILES string of the molecule is O=C(NCCN1CCOCC1)C1CCCN(S(=O)(=O)N2CCOCC2)C1. The lowest BCUT2D eigenvalue weighted by Crippen LogP contribution is -2.53. The van der Waals surface area contributed by atoms with E-state index in [9.17, 15) is 13.2 Å². The van der Waals surface area contributed by atoms with Gasteiger partial charge in [0, 0.05) is 52.4 Å². The molecule has 0 spiro atoms. The van der Waals surface area contributed by atoms with E-state index in [4.69, 9.17) is 9.47 Å². The third-order valence-electron chi connectivity index (χ3n) is 5.21. The van der Waals surface area contributed by atoms with Gasteiger partial charge in [-0.3, -0.25) is 9.69 Å². The Kier molecular flexibility index (Phi) is 7.24. The van der Waals surface area contributed by atoms with Gasteiger partial charge in [-0.1, -0.05) is 0 Å². The summed E-state index contributed by atoms with van der Waals surface area (Å²) in [4.78, 5) is 14.7. The van der Waals surface area contributed by atoms with Crippen molar-refractivity contribution < 1.29 is 22.7 Å². The second-order valence-electron chi connectivity index (χ2n) is 6.96. The molecule has 0 bridgehead atoms. The fourth-order valence-electron chi connectivity index (χ4n) is 3.61. The Morgan fingerprint density at radius 3 is 2.31 bits per heavy atom. The van der Waals surface area contributed by atoms with Gasteiger partial charge in [-0.2, -0.15) is 17.0 Å². The summed E-state index contributed by atoms with van der Waals surface area (Å²) in [5.74, 6) is -0.315. The molecule has 0 aromatic carbocycles. The van der Waals surface area contributed by atoms with Crippen LogP contribution in [0.15, 0.2) is 0 Å². The normalized spacial score (nSPS) is 27.3. The van der Waals surface area contributed by atoms with Gasteiger partial charge in [-0.25, -0.2) is 0 Å². The molecule has 26 heavy (non-hydrogen) atoms. The number of hydrogen-bond acceptors (Lipinski definition) is 6. The second-order valence-corrected chi connectivity index (χ2v) is 8.89. The number of morpholine rings is 2. The fourth-order valence-corrected chi connectivity index (χ4v) is 5.28. The van der Waals surface area contributed by atoms with E-state index in [0.29, 0.717) is 45.8 Å². The van der Waals surface area contributed by atoms with Crippen LogP contribution in [0.25, 0.3) is 0 Å². The highest BCUT2D eigenvalue weighted by Gasteiger charge is 2.36. The van der Waals surface area contributed by atoms with Crippen LogP contribution in [0.5, 0.6) is 0 Å². The van der Waals surface area contributed by atoms with Crippen LogP contribution in [0.3, 0.4) is 0 Å². The zero-order chi connectivity index (χ0) is 18.4. The lowest BCUT2D eigenvalue weighted by molar-refractivity contribution is -0.126. The zero-order valence-electron chi connectivity index (χ0n) is 15.3. The molecule has 3 fully saturated rings. The molecule has 3 aliphatic rings. The number of carbonyl (C=O) groups excluding carboxylic acids is 1. The number of piperidine rings is 1. The number of carbonyl (C=O) groups is 1. The van der Waals surface area contributed by atoms with Gasteiger partial charge < -0.3 is 14.8 Å². The summed E-state index contributed by atoms with van der Waals surface area (Å²) < 4.78 is 39.0. The van der Waals surface area contributed by atoms with Crippen molar-refractivity contribution in [1.82, 2.24) is 18.8 Å². The zero-order valence-corrected chi connectivity index (χ0v) is 16.1. The average Bonchev–Trinajstić information content (AvgIpc) is 2.69. The maximum absolute atomic E-state index is 12.8. The van der Waals surface area contributed by atoms with Crippen molar-refractivity contribution in [2.75, 3.05) is 78.8 Å². The minimum atomic E-state index is -3.50. The molecule has 0 aliphatic carbocycles. The van der Waals surface area contributed by atoms with Crippen LogP contribution in [0, 0.1) is 5.92 Å². The van der Waals surface area contributed by atoms with E-state index < -0.39 is 10.2 Å². The summed E-state index contributed by atoms with van der Waals surface area (Å²) in [5.41, 5.74) is 0. The molecule has 1 atom stereocenters. The molecular weight excluding hydrogens is 360 g/mol. The molecule has 3 heterocycles. The van der Waals surface area contributed by atoms with E-state index in [1.807, 2.05) is 0 Å². The van der Waals surface area contributed by atoms with E-state index in [-0.39, 0.29) is 18.4 Å². The second kappa shape index (κ2) is 9.43. The molecular formula is C16H30N4O5S. The van der Waals surface area contributed by atoms with Crippen LogP contribution in [0.4, 0.5) is 0 Å². The third kappa shape index (κ3) is 5.14. The quantitative estimate of drug-likeness (QED) is 0.608. The molecule has 1 amide bonds. The monoisotopic (exact) mass is 390 g/mol. The molecule has 0 aromatic heterocycles. The van der Waals surface area contributed by atoms with Crippen LogP contribution >= 0.6 is 0 Å². The van der Waals surface area contributed by atoms with E-state index in [2.05, 4.69) is 10.2 Å². The molecule has 0 aromatic rings. The largest absolute Gasteiger partial charge is 0.379 e. The van der Waals surface area contributed by atoms with Gasteiger partial charge in [0.1, 0.15) is 0 Å². The maximum Gasteiger partial charge on any atom is 0.282 e. The molecule has 1 N–H and O–H groups in total. The molecule has 150 valence electrons. The van der Waals surface area contributed by atoms with Crippen molar-refractivity contribution in [3.63, 3.8) is 0 Å². The van der Waals surface area contributed by atoms with E-state index in [1.165, 1.54) is 8.61 Å². The predicted octanol–water partition coefficient (Wildman–Crippen LogP) is -1.28. The third-order valence-corrected chi connectivity index (χ3v) is 7.21. The Balaban J connectivity index is 1.46. The number of amides is 1. The van der Waals surface area contributed by atoms with Gasteiger partial charge in [0.15, 0.2) is 0 Å². The standard InChI is InChI=1S/C16H30N4O5S/c21-16(17-3-5-18-6-10-24-11-7-18)15-2-1-4-20(14-15)26(22,23)19-8-12-25-13-9-19/h15H,1-14H2,(H,17,21). The van der Waals surface area contributed by atoms with Crippen LogP contribution in [0.2, 0.25) is 0 Å². The first-order chi connectivity index (χ1) is 12.6. The molecule has 3 rings (SSSR count). The molecule has 3 saturated heterocycles. The molecule has 10 heteroatoms. The summed E-state index contributed by atoms with van der Waals surface area (Å²) in [6.45, 7) is 7.04. The highest BCUT2D eigenvalue weighted by atomic mass is 32.2. The Hall–Kier alpha value is -0.780. The van der Waals surface area contributed by atoms with Gasteiger partial charge in [0.25, 0.3) is 10.2 Å². The van der Waals surface area contributed by atoms with E-state index in [0.717, 1.165) is 39.3 Å². The van der Waals surface area contributed by atoms with Crippen LogP contribution in [-0.2, 0) is 24.5 Å². The van der Waals surface area contributed by atoms with Gasteiger partial charge >= 0.3 is 0 Å². The molecule has 0 saturated carbocycles. The Morgan fingerprint density at radius 2 is 1.62 bits per heavy atom. The maximum atomic E-state index is 12.8. The highest BCUT2D eigenvalue weighted by molar-refractivity contribution is 7.86. The van der Waals surface area contributed by atoms with E-state index in [1.54, 1.807) is 0 Å². The Morgan fingerprint density at radius 1 is 0.962 bits per heavy atom. The van der Waals surface area contributed by atoms with Crippen molar-refractivity contribution >= 4 is 16.1 Å². The summed E-state index contributed by atoms with van der Waals surface area (Å²) in [5, 5.41) is 2.97. The Labute approximate surface area is 155 Å². The van der Waals surface area contributed by atoms with Gasteiger partial charge in [0.2, 0.25) is 5.91 Å². The minimum Gasteiger partial charge on any atom is -0.379 e. The van der Waals surface area contributed by atoms with Crippen molar-refractivity contribution in [3.8, 4) is 0 Å². The van der Waals surface area contributed by atoms with Crippen LogP contribution < -0.4 is 5.32 Å². The number of ether oxygens (including phenoxy) is 2. The molecule has 0 radical (unpaired) electrons. The minimum absolute atomic E-state index is 0.0415. The summed E-state index contributed by atoms with van der Waals surface area (Å²) in [6, 6.07) is 0. The van der Waals surface area contributed by atoms with Crippen LogP contribution in [-0.4, -0.2) is 107 Å². The van der Waals surface area contributed by atoms with Gasteiger partial charge in [0.05, 0.1) is 32.3 Å². The summed E-state index contributed by atoms with van der Waals surface area (Å²) >= 11 is 0. The van der Waals surface area contributed by atoms with Crippen molar-refractivity contribution in [2.24, 2.45) is 5.92 Å². The smallest absolute Gasteiger partial charge is 0.282 e. The first-order valence-electron chi connectivity index (χ1n) is 9.48. The average molecular weight is 391 g/mol. The fraction of sp³-hybridized carbons (Fsp3) is 0.938. The topological polar surface area (TPSA) is 91.4 Å². The molecule has 9 nitrogen and oxygen atoms in total. The number of nitrogens with zero attached hydrogens (tertiary/aromatic N) is 3. The van der Waals surface area contributed by atoms with Gasteiger partial charge in [-0.15, -0.1) is 0 Å². The first kappa shape index (κ1) is 20.0. The first-order valence-corrected chi connectivity index (χ1v) is 10.9. The summed E-state index contributed by atoms with van der Waals surface area (Å²) in [6.07, 6.45) is 1.45. The predicted molar refractivity (Wildman–Crippen MR) is 95.9 cm³/mol. The highest BCUT2D eigenvalue weighted by Crippen LogP contribution is 2.22. The number of rotatable bonds is 6. The van der Waals surface area contributed by atoms with Crippen molar-refractivity contribution in [3.05, 3.63) is 0 Å². The van der Waals surface area contributed by atoms with Crippen LogP contribution in [0.1, 0.15) is 12.8 Å². The van der Waals surface area contributed by atoms with Crippen molar-refractivity contribution in [1.29, 1.82) is 0 Å². The van der Waals surface area contributed by atoms with Gasteiger partial charge in [-0.05, 0) is 12.8 Å². The van der Waals surface area contributed by atoms with Crippen molar-refractivity contribution in [2.45, 2.75) is 12.8 Å².